The van der Waals surface area contributed by atoms with Crippen molar-refractivity contribution >= 4 is 17.3 Å². The summed E-state index contributed by atoms with van der Waals surface area (Å²) in [6.07, 6.45) is 0. The van der Waals surface area contributed by atoms with Crippen molar-refractivity contribution in [3.8, 4) is 0 Å². The van der Waals surface area contributed by atoms with Crippen molar-refractivity contribution in [1.29, 1.82) is 0 Å². The molecule has 0 amide bonds. The number of benzene rings is 1. The van der Waals surface area contributed by atoms with E-state index in [9.17, 15) is 4.39 Å². The highest BCUT2D eigenvalue weighted by Crippen LogP contribution is 2.22. The molecule has 4 nitrogen and oxygen atoms in total. The summed E-state index contributed by atoms with van der Waals surface area (Å²) >= 11 is 0. The Kier molecular flexibility index (Phi) is 4.98. The number of hydrogen-bond donors (Lipinski definition) is 2. The number of anilines is 3. The Balaban J connectivity index is 2.10. The van der Waals surface area contributed by atoms with Crippen LogP contribution in [0.3, 0.4) is 0 Å². The average molecular weight is 288 g/mol. The minimum absolute atomic E-state index is 0.229. The highest BCUT2D eigenvalue weighted by atomic mass is 19.1. The molecule has 21 heavy (non-hydrogen) atoms. The minimum Gasteiger partial charge on any atom is -0.396 e. The zero-order valence-electron chi connectivity index (χ0n) is 12.4. The van der Waals surface area contributed by atoms with Gasteiger partial charge in [0.1, 0.15) is 11.6 Å². The normalized spacial score (nSPS) is 10.4. The van der Waals surface area contributed by atoms with Crippen LogP contribution in [0.5, 0.6) is 0 Å². The summed E-state index contributed by atoms with van der Waals surface area (Å²) in [6, 6.07) is 10.1. The van der Waals surface area contributed by atoms with Gasteiger partial charge in [0.05, 0.1) is 5.69 Å². The monoisotopic (exact) mass is 288 g/mol. The van der Waals surface area contributed by atoms with Gasteiger partial charge in [0.15, 0.2) is 5.82 Å². The number of nitrogens with one attached hydrogen (secondary N) is 1. The molecule has 0 aliphatic rings. The number of halogens is 1. The molecule has 0 saturated heterocycles. The fourth-order valence-corrected chi connectivity index (χ4v) is 2.13. The molecular formula is C16H21FN4. The third kappa shape index (κ3) is 3.84. The first kappa shape index (κ1) is 15.1. The molecule has 0 spiro atoms. The summed E-state index contributed by atoms with van der Waals surface area (Å²) in [6.45, 7) is 6.45. The second-order valence-electron chi connectivity index (χ2n) is 4.76. The Morgan fingerprint density at radius 1 is 1.10 bits per heavy atom. The van der Waals surface area contributed by atoms with Crippen LogP contribution in [0.15, 0.2) is 36.4 Å². The first-order chi connectivity index (χ1) is 10.1. The first-order valence-corrected chi connectivity index (χ1v) is 7.13. The summed E-state index contributed by atoms with van der Waals surface area (Å²) < 4.78 is 12.9. The van der Waals surface area contributed by atoms with Gasteiger partial charge < -0.3 is 16.0 Å². The van der Waals surface area contributed by atoms with Gasteiger partial charge in [-0.1, -0.05) is 12.1 Å². The zero-order chi connectivity index (χ0) is 15.2. The van der Waals surface area contributed by atoms with Gasteiger partial charge in [-0.25, -0.2) is 9.37 Å². The molecule has 0 saturated carbocycles. The van der Waals surface area contributed by atoms with Gasteiger partial charge >= 0.3 is 0 Å². The molecule has 0 fully saturated rings. The van der Waals surface area contributed by atoms with E-state index in [0.717, 1.165) is 30.3 Å². The third-order valence-electron chi connectivity index (χ3n) is 3.36. The highest BCUT2D eigenvalue weighted by Gasteiger charge is 2.09. The van der Waals surface area contributed by atoms with E-state index in [4.69, 9.17) is 5.73 Å². The predicted octanol–water partition coefficient (Wildman–Crippen LogP) is 3.26. The fraction of sp³-hybridized carbons (Fsp3) is 0.312. The molecule has 1 aromatic heterocycles. The fourth-order valence-electron chi connectivity index (χ4n) is 2.13. The molecule has 0 unspecified atom stereocenters. The Bertz CT molecular complexity index is 579. The topological polar surface area (TPSA) is 54.2 Å². The summed E-state index contributed by atoms with van der Waals surface area (Å²) in [4.78, 5) is 6.67. The average Bonchev–Trinajstić information content (AvgIpc) is 2.50. The van der Waals surface area contributed by atoms with Crippen LogP contribution >= 0.6 is 0 Å². The molecule has 0 atom stereocenters. The number of hydrogen-bond acceptors (Lipinski definition) is 4. The van der Waals surface area contributed by atoms with Crippen LogP contribution < -0.4 is 16.0 Å². The lowest BCUT2D eigenvalue weighted by Gasteiger charge is -2.22. The molecular weight excluding hydrogens is 267 g/mol. The molecule has 0 aliphatic carbocycles. The molecule has 1 heterocycles. The smallest absolute Gasteiger partial charge is 0.154 e. The van der Waals surface area contributed by atoms with Gasteiger partial charge in [-0.2, -0.15) is 0 Å². The van der Waals surface area contributed by atoms with Crippen molar-refractivity contribution < 1.29 is 4.39 Å². The number of nitrogens with two attached hydrogens (primary N) is 1. The molecule has 0 aliphatic heterocycles. The number of rotatable bonds is 6. The van der Waals surface area contributed by atoms with Crippen molar-refractivity contribution in [2.45, 2.75) is 20.4 Å². The van der Waals surface area contributed by atoms with Crippen molar-refractivity contribution in [3.63, 3.8) is 0 Å². The zero-order valence-corrected chi connectivity index (χ0v) is 12.4. The highest BCUT2D eigenvalue weighted by molar-refractivity contribution is 5.65. The Morgan fingerprint density at radius 3 is 2.38 bits per heavy atom. The second-order valence-corrected chi connectivity index (χ2v) is 4.76. The van der Waals surface area contributed by atoms with Crippen LogP contribution in [-0.2, 0) is 6.54 Å². The maximum Gasteiger partial charge on any atom is 0.154 e. The van der Waals surface area contributed by atoms with Crippen LogP contribution in [-0.4, -0.2) is 18.1 Å². The minimum atomic E-state index is -0.229. The van der Waals surface area contributed by atoms with Crippen LogP contribution in [0.1, 0.15) is 19.4 Å². The third-order valence-corrected chi connectivity index (χ3v) is 3.36. The standard InChI is InChI=1S/C16H21FN4/c1-3-21(4-2)16-14(18)9-10-15(20-16)19-11-12-5-7-13(17)8-6-12/h5-10H,3-4,11,18H2,1-2H3,(H,19,20). The van der Waals surface area contributed by atoms with Gasteiger partial charge in [-0.15, -0.1) is 0 Å². The molecule has 0 bridgehead atoms. The van der Waals surface area contributed by atoms with Crippen molar-refractivity contribution in [2.24, 2.45) is 0 Å². The van der Waals surface area contributed by atoms with E-state index in [1.165, 1.54) is 12.1 Å². The maximum atomic E-state index is 12.9. The van der Waals surface area contributed by atoms with Crippen LogP contribution in [0, 0.1) is 5.82 Å². The molecule has 3 N–H and O–H groups in total. The Morgan fingerprint density at radius 2 is 1.76 bits per heavy atom. The lowest BCUT2D eigenvalue weighted by Crippen LogP contribution is -2.24. The number of aromatic nitrogens is 1. The van der Waals surface area contributed by atoms with Crippen LogP contribution in [0.4, 0.5) is 21.7 Å². The lowest BCUT2D eigenvalue weighted by atomic mass is 10.2. The van der Waals surface area contributed by atoms with Crippen molar-refractivity contribution in [1.82, 2.24) is 4.98 Å². The number of nitrogens with zero attached hydrogens (tertiary/aromatic N) is 2. The summed E-state index contributed by atoms with van der Waals surface area (Å²) in [5.74, 6) is 1.33. The summed E-state index contributed by atoms with van der Waals surface area (Å²) in [5.41, 5.74) is 7.66. The van der Waals surface area contributed by atoms with Gasteiger partial charge in [0.2, 0.25) is 0 Å². The van der Waals surface area contributed by atoms with E-state index in [0.29, 0.717) is 12.2 Å². The van der Waals surface area contributed by atoms with Crippen molar-refractivity contribution in [2.75, 3.05) is 29.0 Å². The first-order valence-electron chi connectivity index (χ1n) is 7.13. The van der Waals surface area contributed by atoms with Crippen LogP contribution in [0.2, 0.25) is 0 Å². The Labute approximate surface area is 124 Å². The summed E-state index contributed by atoms with van der Waals surface area (Å²) in [7, 11) is 0. The maximum absolute atomic E-state index is 12.9. The van der Waals surface area contributed by atoms with E-state index in [1.54, 1.807) is 12.1 Å². The lowest BCUT2D eigenvalue weighted by molar-refractivity contribution is 0.627. The van der Waals surface area contributed by atoms with Gasteiger partial charge in [-0.3, -0.25) is 0 Å². The molecule has 1 aromatic carbocycles. The van der Waals surface area contributed by atoms with Gasteiger partial charge in [0.25, 0.3) is 0 Å². The Hall–Kier alpha value is -2.30. The van der Waals surface area contributed by atoms with E-state index in [2.05, 4.69) is 29.0 Å². The van der Waals surface area contributed by atoms with Gasteiger partial charge in [-0.05, 0) is 43.7 Å². The molecule has 112 valence electrons. The number of pyridine rings is 1. The second kappa shape index (κ2) is 6.92. The van der Waals surface area contributed by atoms with Gasteiger partial charge in [0, 0.05) is 19.6 Å². The predicted molar refractivity (Wildman–Crippen MR) is 85.9 cm³/mol. The molecule has 0 radical (unpaired) electrons. The van der Waals surface area contributed by atoms with E-state index in [-0.39, 0.29) is 5.82 Å². The van der Waals surface area contributed by atoms with Crippen molar-refractivity contribution in [3.05, 3.63) is 47.8 Å². The van der Waals surface area contributed by atoms with E-state index >= 15 is 0 Å². The van der Waals surface area contributed by atoms with E-state index in [1.807, 2.05) is 12.1 Å². The molecule has 2 aromatic rings. The summed E-state index contributed by atoms with van der Waals surface area (Å²) in [5, 5.41) is 3.24. The van der Waals surface area contributed by atoms with E-state index < -0.39 is 0 Å². The number of nitrogen functional groups attached to an aromatic ring is 1. The molecule has 5 heteroatoms. The van der Waals surface area contributed by atoms with Crippen LogP contribution in [0.25, 0.3) is 0 Å². The SMILES string of the molecule is CCN(CC)c1nc(NCc2ccc(F)cc2)ccc1N. The largest absolute Gasteiger partial charge is 0.396 e. The quantitative estimate of drug-likeness (QED) is 0.856. The molecule has 2 rings (SSSR count).